The summed E-state index contributed by atoms with van der Waals surface area (Å²) < 4.78 is 4.89. The molecule has 0 saturated heterocycles. The normalized spacial score (nSPS) is 11.9. The van der Waals surface area contributed by atoms with Crippen molar-refractivity contribution in [3.05, 3.63) is 33.9 Å². The molecule has 0 heterocycles. The third-order valence-corrected chi connectivity index (χ3v) is 3.54. The topological polar surface area (TPSA) is 120 Å². The van der Waals surface area contributed by atoms with Gasteiger partial charge in [0.1, 0.15) is 6.04 Å². The summed E-state index contributed by atoms with van der Waals surface area (Å²) in [6, 6.07) is 3.85. The van der Waals surface area contributed by atoms with Crippen molar-refractivity contribution >= 4 is 23.4 Å². The van der Waals surface area contributed by atoms with E-state index in [1.54, 1.807) is 6.07 Å². The highest BCUT2D eigenvalue weighted by Crippen LogP contribution is 2.28. The molecule has 0 aliphatic rings. The quantitative estimate of drug-likeness (QED) is 0.517. The molecule has 104 valence electrons. The first-order valence-corrected chi connectivity index (χ1v) is 6.54. The molecule has 8 heteroatoms. The third kappa shape index (κ3) is 4.42. The zero-order valence-electron chi connectivity index (χ0n) is 10.3. The second-order valence-electron chi connectivity index (χ2n) is 3.79. The van der Waals surface area contributed by atoms with Gasteiger partial charge in [0, 0.05) is 11.8 Å². The van der Waals surface area contributed by atoms with Crippen LogP contribution in [0.2, 0.25) is 0 Å². The van der Waals surface area contributed by atoms with E-state index in [0.29, 0.717) is 11.5 Å². The van der Waals surface area contributed by atoms with Gasteiger partial charge in [-0.3, -0.25) is 10.1 Å². The van der Waals surface area contributed by atoms with E-state index in [1.807, 2.05) is 0 Å². The lowest BCUT2D eigenvalue weighted by molar-refractivity contribution is -0.431. The number of thioether (sulfide) groups is 1. The molecular weight excluding hydrogens is 272 g/mol. The van der Waals surface area contributed by atoms with Crippen LogP contribution in [0.4, 0.5) is 5.69 Å². The van der Waals surface area contributed by atoms with Gasteiger partial charge in [-0.2, -0.15) is 11.8 Å². The fourth-order valence-corrected chi connectivity index (χ4v) is 2.31. The Morgan fingerprint density at radius 2 is 2.26 bits per heavy atom. The van der Waals surface area contributed by atoms with Gasteiger partial charge in [-0.1, -0.05) is 6.07 Å². The molecular formula is C11H14N2O5S. The van der Waals surface area contributed by atoms with E-state index in [-0.39, 0.29) is 11.4 Å². The van der Waals surface area contributed by atoms with Crippen LogP contribution in [0.1, 0.15) is 5.56 Å². The molecule has 0 bridgehead atoms. The van der Waals surface area contributed by atoms with Gasteiger partial charge in [-0.05, 0) is 11.6 Å². The third-order valence-electron chi connectivity index (χ3n) is 2.36. The van der Waals surface area contributed by atoms with E-state index in [0.717, 1.165) is 5.56 Å². The van der Waals surface area contributed by atoms with Crippen molar-refractivity contribution < 1.29 is 25.3 Å². The van der Waals surface area contributed by atoms with Crippen LogP contribution in [-0.2, 0) is 10.5 Å². The van der Waals surface area contributed by atoms with Gasteiger partial charge in [-0.25, -0.2) is 0 Å². The molecule has 1 atom stereocenters. The van der Waals surface area contributed by atoms with Crippen molar-refractivity contribution in [3.8, 4) is 5.75 Å². The highest BCUT2D eigenvalue weighted by molar-refractivity contribution is 7.98. The van der Waals surface area contributed by atoms with Crippen molar-refractivity contribution in [3.63, 3.8) is 0 Å². The van der Waals surface area contributed by atoms with Crippen LogP contribution >= 0.6 is 11.8 Å². The summed E-state index contributed by atoms with van der Waals surface area (Å²) in [7, 11) is 1.37. The first-order chi connectivity index (χ1) is 8.95. The van der Waals surface area contributed by atoms with Crippen LogP contribution in [-0.4, -0.2) is 29.8 Å². The fourth-order valence-electron chi connectivity index (χ4n) is 1.36. The van der Waals surface area contributed by atoms with Crippen LogP contribution < -0.4 is 15.6 Å². The van der Waals surface area contributed by atoms with E-state index in [4.69, 9.17) is 4.74 Å². The van der Waals surface area contributed by atoms with Gasteiger partial charge in [0.15, 0.2) is 5.75 Å². The molecule has 1 aromatic rings. The molecule has 1 rings (SSSR count). The summed E-state index contributed by atoms with van der Waals surface area (Å²) in [5, 5.41) is 21.3. The Bertz CT molecular complexity index is 480. The maximum absolute atomic E-state index is 10.8. The van der Waals surface area contributed by atoms with Crippen LogP contribution in [0, 0.1) is 10.1 Å². The maximum atomic E-state index is 10.8. The minimum absolute atomic E-state index is 0.105. The van der Waals surface area contributed by atoms with Crippen molar-refractivity contribution in [2.75, 3.05) is 12.9 Å². The fraction of sp³-hybridized carbons (Fsp3) is 0.364. The Morgan fingerprint density at radius 1 is 1.58 bits per heavy atom. The number of quaternary nitrogens is 1. The molecule has 3 N–H and O–H groups in total. The Balaban J connectivity index is 2.67. The lowest BCUT2D eigenvalue weighted by Crippen LogP contribution is -2.69. The van der Waals surface area contributed by atoms with Gasteiger partial charge in [-0.15, -0.1) is 0 Å². The molecule has 0 aliphatic carbocycles. The van der Waals surface area contributed by atoms with Crippen molar-refractivity contribution in [1.82, 2.24) is 0 Å². The standard InChI is InChI=1S/C11H14N2O5S/c1-18-10-3-2-7(4-9(10)13(16)17)5-19-6-8(12)11(14)15/h2-4,8H,5-6,12H2,1H3,(H,14,15)/t8-/m0/s1. The van der Waals surface area contributed by atoms with Crippen molar-refractivity contribution in [2.24, 2.45) is 0 Å². The first-order valence-electron chi connectivity index (χ1n) is 5.38. The number of nitro groups is 1. The number of methoxy groups -OCH3 is 1. The van der Waals surface area contributed by atoms with E-state index < -0.39 is 16.9 Å². The largest absolute Gasteiger partial charge is 0.544 e. The van der Waals surface area contributed by atoms with Crippen molar-refractivity contribution in [1.29, 1.82) is 0 Å². The molecule has 7 nitrogen and oxygen atoms in total. The zero-order chi connectivity index (χ0) is 14.4. The maximum Gasteiger partial charge on any atom is 0.311 e. The Hall–Kier alpha value is -1.80. The summed E-state index contributed by atoms with van der Waals surface area (Å²) in [6.45, 7) is 0. The zero-order valence-corrected chi connectivity index (χ0v) is 11.1. The number of carbonyl (C=O) groups excluding carboxylic acids is 1. The summed E-state index contributed by atoms with van der Waals surface area (Å²) in [6.07, 6.45) is 0. The van der Waals surface area contributed by atoms with E-state index >= 15 is 0 Å². The number of ether oxygens (including phenoxy) is 1. The van der Waals surface area contributed by atoms with Crippen LogP contribution in [0.3, 0.4) is 0 Å². The summed E-state index contributed by atoms with van der Waals surface area (Å²) in [5.74, 6) is -0.247. The lowest BCUT2D eigenvalue weighted by Gasteiger charge is -2.09. The minimum Gasteiger partial charge on any atom is -0.544 e. The second kappa shape index (κ2) is 6.95. The number of carboxylic acid groups (broad SMARTS) is 1. The van der Waals surface area contributed by atoms with Crippen molar-refractivity contribution in [2.45, 2.75) is 11.8 Å². The Labute approximate surface area is 113 Å². The molecule has 0 aromatic heterocycles. The number of carbonyl (C=O) groups is 1. The molecule has 0 unspecified atom stereocenters. The highest BCUT2D eigenvalue weighted by Gasteiger charge is 2.15. The molecule has 19 heavy (non-hydrogen) atoms. The van der Waals surface area contributed by atoms with Gasteiger partial charge in [0.05, 0.1) is 23.8 Å². The number of nitrogens with zero attached hydrogens (tertiary/aromatic N) is 1. The molecule has 0 fully saturated rings. The molecule has 0 radical (unpaired) electrons. The summed E-state index contributed by atoms with van der Waals surface area (Å²) in [5.41, 5.74) is 4.05. The molecule has 0 amide bonds. The van der Waals surface area contributed by atoms with Gasteiger partial charge < -0.3 is 20.4 Å². The molecule has 0 saturated carbocycles. The van der Waals surface area contributed by atoms with Gasteiger partial charge in [0.25, 0.3) is 0 Å². The van der Waals surface area contributed by atoms with E-state index in [9.17, 15) is 20.0 Å². The lowest BCUT2D eigenvalue weighted by atomic mass is 10.2. The molecule has 0 spiro atoms. The van der Waals surface area contributed by atoms with Gasteiger partial charge >= 0.3 is 5.69 Å². The number of nitro benzene ring substituents is 1. The van der Waals surface area contributed by atoms with Crippen LogP contribution in [0.15, 0.2) is 18.2 Å². The number of hydrogen-bond acceptors (Lipinski definition) is 6. The second-order valence-corrected chi connectivity index (χ2v) is 4.82. The average molecular weight is 286 g/mol. The number of benzene rings is 1. The smallest absolute Gasteiger partial charge is 0.311 e. The minimum atomic E-state index is -1.20. The van der Waals surface area contributed by atoms with Crippen LogP contribution in [0.5, 0.6) is 5.75 Å². The Kier molecular flexibility index (Phi) is 5.58. The van der Waals surface area contributed by atoms with Crippen LogP contribution in [0.25, 0.3) is 0 Å². The van der Waals surface area contributed by atoms with E-state index in [2.05, 4.69) is 5.73 Å². The molecule has 0 aliphatic heterocycles. The average Bonchev–Trinajstić information content (AvgIpc) is 2.38. The monoisotopic (exact) mass is 286 g/mol. The Morgan fingerprint density at radius 3 is 2.79 bits per heavy atom. The number of hydrogen-bond donors (Lipinski definition) is 1. The number of aliphatic carboxylic acids is 1. The molecule has 1 aromatic carbocycles. The highest BCUT2D eigenvalue weighted by atomic mass is 32.2. The summed E-state index contributed by atoms with van der Waals surface area (Å²) in [4.78, 5) is 20.8. The first kappa shape index (κ1) is 15.3. The number of rotatable bonds is 7. The number of carboxylic acids is 1. The predicted octanol–water partition coefficient (Wildman–Crippen LogP) is -0.803. The van der Waals surface area contributed by atoms with Gasteiger partial charge in [0.2, 0.25) is 0 Å². The SMILES string of the molecule is COc1ccc(CSC[C@H]([NH3+])C(=O)[O-])cc1[N+](=O)[O-]. The summed E-state index contributed by atoms with van der Waals surface area (Å²) >= 11 is 1.33. The predicted molar refractivity (Wildman–Crippen MR) is 67.5 cm³/mol. The van der Waals surface area contributed by atoms with E-state index in [1.165, 1.54) is 31.0 Å².